The standard InChI is InChI=1S/C10H13ClN2O4S/c1-17-7-2-3-13(6-7)18(15,16)8-4-9(11)10(14)12-5-8/h4-5,7H,2-3,6H2,1H3,(H,12,14). The van der Waals surface area contributed by atoms with Gasteiger partial charge in [-0.25, -0.2) is 8.42 Å². The number of halogens is 1. The number of methoxy groups -OCH3 is 1. The predicted molar refractivity (Wildman–Crippen MR) is 66.2 cm³/mol. The van der Waals surface area contributed by atoms with Gasteiger partial charge in [-0.05, 0) is 12.5 Å². The first-order chi connectivity index (χ1) is 8.45. The summed E-state index contributed by atoms with van der Waals surface area (Å²) >= 11 is 5.63. The molecule has 1 N–H and O–H groups in total. The van der Waals surface area contributed by atoms with Gasteiger partial charge in [-0.15, -0.1) is 0 Å². The van der Waals surface area contributed by atoms with Crippen molar-refractivity contribution in [3.05, 3.63) is 27.6 Å². The van der Waals surface area contributed by atoms with E-state index < -0.39 is 15.6 Å². The minimum atomic E-state index is -3.62. The highest BCUT2D eigenvalue weighted by atomic mass is 35.5. The Kier molecular flexibility index (Phi) is 3.76. The zero-order valence-electron chi connectivity index (χ0n) is 9.72. The van der Waals surface area contributed by atoms with Crippen molar-refractivity contribution in [1.82, 2.24) is 9.29 Å². The molecule has 0 spiro atoms. The van der Waals surface area contributed by atoms with Gasteiger partial charge in [0.1, 0.15) is 5.02 Å². The molecule has 6 nitrogen and oxygen atoms in total. The molecule has 0 bridgehead atoms. The number of sulfonamides is 1. The Morgan fingerprint density at radius 2 is 2.28 bits per heavy atom. The third-order valence-corrected chi connectivity index (χ3v) is 5.03. The second-order valence-corrected chi connectivity index (χ2v) is 6.37. The summed E-state index contributed by atoms with van der Waals surface area (Å²) in [7, 11) is -2.07. The van der Waals surface area contributed by atoms with Crippen LogP contribution in [0.5, 0.6) is 0 Å². The summed E-state index contributed by atoms with van der Waals surface area (Å²) in [5, 5.41) is -0.140. The molecule has 1 saturated heterocycles. The molecule has 0 aromatic carbocycles. The van der Waals surface area contributed by atoms with Gasteiger partial charge in [0.15, 0.2) is 0 Å². The minimum absolute atomic E-state index is 0.0103. The number of rotatable bonds is 3. The minimum Gasteiger partial charge on any atom is -0.380 e. The van der Waals surface area contributed by atoms with E-state index in [1.54, 1.807) is 7.11 Å². The fraction of sp³-hybridized carbons (Fsp3) is 0.500. The summed E-state index contributed by atoms with van der Waals surface area (Å²) in [5.41, 5.74) is -0.508. The summed E-state index contributed by atoms with van der Waals surface area (Å²) < 4.78 is 30.9. The van der Waals surface area contributed by atoms with Crippen LogP contribution in [-0.4, -0.2) is 44.0 Å². The van der Waals surface area contributed by atoms with Gasteiger partial charge in [0.05, 0.1) is 11.0 Å². The lowest BCUT2D eigenvalue weighted by Crippen LogP contribution is -2.30. The zero-order chi connectivity index (χ0) is 13.3. The van der Waals surface area contributed by atoms with Gasteiger partial charge < -0.3 is 9.72 Å². The lowest BCUT2D eigenvalue weighted by molar-refractivity contribution is 0.115. The fourth-order valence-corrected chi connectivity index (χ4v) is 3.56. The second kappa shape index (κ2) is 5.00. The Hall–Kier alpha value is -0.890. The summed E-state index contributed by atoms with van der Waals surface area (Å²) in [5.74, 6) is 0. The average molecular weight is 293 g/mol. The number of H-pyrrole nitrogens is 1. The maximum Gasteiger partial charge on any atom is 0.266 e. The normalized spacial score (nSPS) is 21.3. The number of hydrogen-bond donors (Lipinski definition) is 1. The van der Waals surface area contributed by atoms with Crippen molar-refractivity contribution in [2.75, 3.05) is 20.2 Å². The number of aromatic nitrogens is 1. The van der Waals surface area contributed by atoms with E-state index in [9.17, 15) is 13.2 Å². The Bertz CT molecular complexity index is 598. The molecule has 0 radical (unpaired) electrons. The third kappa shape index (κ3) is 2.44. The summed E-state index contributed by atoms with van der Waals surface area (Å²) in [6.45, 7) is 0.715. The Balaban J connectivity index is 2.31. The molecular weight excluding hydrogens is 280 g/mol. The number of ether oxygens (including phenoxy) is 1. The highest BCUT2D eigenvalue weighted by Crippen LogP contribution is 2.22. The molecule has 8 heteroatoms. The van der Waals surface area contributed by atoms with Crippen LogP contribution in [0.25, 0.3) is 0 Å². The highest BCUT2D eigenvalue weighted by molar-refractivity contribution is 7.89. The summed E-state index contributed by atoms with van der Waals surface area (Å²) in [4.78, 5) is 13.4. The number of aromatic amines is 1. The Morgan fingerprint density at radius 3 is 2.83 bits per heavy atom. The quantitative estimate of drug-likeness (QED) is 0.876. The van der Waals surface area contributed by atoms with Crippen LogP contribution >= 0.6 is 11.6 Å². The molecule has 18 heavy (non-hydrogen) atoms. The van der Waals surface area contributed by atoms with Crippen LogP contribution < -0.4 is 5.56 Å². The number of pyridine rings is 1. The summed E-state index contributed by atoms with van der Waals surface area (Å²) in [6.07, 6.45) is 1.73. The molecule has 0 saturated carbocycles. The van der Waals surface area contributed by atoms with E-state index in [0.717, 1.165) is 12.3 Å². The topological polar surface area (TPSA) is 79.5 Å². The van der Waals surface area contributed by atoms with Gasteiger partial charge in [0.2, 0.25) is 10.0 Å². The average Bonchev–Trinajstić information content (AvgIpc) is 2.81. The van der Waals surface area contributed by atoms with Crippen LogP contribution in [0.1, 0.15) is 6.42 Å². The van der Waals surface area contributed by atoms with Crippen molar-refractivity contribution < 1.29 is 13.2 Å². The van der Waals surface area contributed by atoms with Gasteiger partial charge in [0, 0.05) is 26.4 Å². The predicted octanol–water partition coefficient (Wildman–Crippen LogP) is 0.438. The molecular formula is C10H13ClN2O4S. The van der Waals surface area contributed by atoms with Gasteiger partial charge in [-0.2, -0.15) is 4.31 Å². The van der Waals surface area contributed by atoms with E-state index in [-0.39, 0.29) is 16.0 Å². The molecule has 0 amide bonds. The number of hydrogen-bond acceptors (Lipinski definition) is 4. The van der Waals surface area contributed by atoms with E-state index in [0.29, 0.717) is 19.5 Å². The van der Waals surface area contributed by atoms with Crippen LogP contribution in [0.15, 0.2) is 22.0 Å². The van der Waals surface area contributed by atoms with Gasteiger partial charge >= 0.3 is 0 Å². The molecule has 2 rings (SSSR count). The lowest BCUT2D eigenvalue weighted by atomic mass is 10.3. The molecule has 1 atom stereocenters. The van der Waals surface area contributed by atoms with Gasteiger partial charge in [-0.3, -0.25) is 4.79 Å². The molecule has 1 aliphatic rings. The van der Waals surface area contributed by atoms with E-state index in [4.69, 9.17) is 16.3 Å². The Labute approximate surface area is 110 Å². The van der Waals surface area contributed by atoms with E-state index >= 15 is 0 Å². The maximum absolute atomic E-state index is 12.2. The first-order valence-electron chi connectivity index (χ1n) is 5.36. The summed E-state index contributed by atoms with van der Waals surface area (Å²) in [6, 6.07) is 1.16. The van der Waals surface area contributed by atoms with Crippen LogP contribution in [0.2, 0.25) is 5.02 Å². The first kappa shape index (κ1) is 13.5. The van der Waals surface area contributed by atoms with E-state index in [1.807, 2.05) is 0 Å². The largest absolute Gasteiger partial charge is 0.380 e. The van der Waals surface area contributed by atoms with Gasteiger partial charge in [-0.1, -0.05) is 11.6 Å². The van der Waals surface area contributed by atoms with Crippen molar-refractivity contribution in [2.24, 2.45) is 0 Å². The molecule has 1 fully saturated rings. The molecule has 1 unspecified atom stereocenters. The highest BCUT2D eigenvalue weighted by Gasteiger charge is 2.32. The zero-order valence-corrected chi connectivity index (χ0v) is 11.3. The van der Waals surface area contributed by atoms with Crippen molar-refractivity contribution in [1.29, 1.82) is 0 Å². The van der Waals surface area contributed by atoms with Crippen molar-refractivity contribution in [3.8, 4) is 0 Å². The number of nitrogens with one attached hydrogen (secondary N) is 1. The fourth-order valence-electron chi connectivity index (χ4n) is 1.84. The van der Waals surface area contributed by atoms with Crippen LogP contribution in [-0.2, 0) is 14.8 Å². The second-order valence-electron chi connectivity index (χ2n) is 4.02. The van der Waals surface area contributed by atoms with Crippen LogP contribution in [0.3, 0.4) is 0 Å². The molecule has 1 aromatic rings. The molecule has 100 valence electrons. The SMILES string of the molecule is COC1CCN(S(=O)(=O)c2c[nH]c(=O)c(Cl)c2)C1. The molecule has 2 heterocycles. The van der Waals surface area contributed by atoms with Crippen molar-refractivity contribution in [2.45, 2.75) is 17.4 Å². The maximum atomic E-state index is 12.2. The van der Waals surface area contributed by atoms with Crippen LogP contribution in [0.4, 0.5) is 0 Å². The smallest absolute Gasteiger partial charge is 0.266 e. The van der Waals surface area contributed by atoms with E-state index in [2.05, 4.69) is 4.98 Å². The van der Waals surface area contributed by atoms with Crippen molar-refractivity contribution >= 4 is 21.6 Å². The van der Waals surface area contributed by atoms with E-state index in [1.165, 1.54) is 4.31 Å². The van der Waals surface area contributed by atoms with Crippen molar-refractivity contribution in [3.63, 3.8) is 0 Å². The Morgan fingerprint density at radius 1 is 1.56 bits per heavy atom. The number of nitrogens with zero attached hydrogens (tertiary/aromatic N) is 1. The molecule has 0 aliphatic carbocycles. The molecule has 1 aromatic heterocycles. The van der Waals surface area contributed by atoms with Gasteiger partial charge in [0.25, 0.3) is 5.56 Å². The third-order valence-electron chi connectivity index (χ3n) is 2.91. The lowest BCUT2D eigenvalue weighted by Gasteiger charge is -2.16. The monoisotopic (exact) mass is 292 g/mol. The first-order valence-corrected chi connectivity index (χ1v) is 7.18. The van der Waals surface area contributed by atoms with Crippen LogP contribution in [0, 0.1) is 0 Å². The molecule has 1 aliphatic heterocycles.